The van der Waals surface area contributed by atoms with Crippen LogP contribution in [0.3, 0.4) is 0 Å². The average molecular weight is 200 g/mol. The predicted molar refractivity (Wildman–Crippen MR) is 60.3 cm³/mol. The first-order chi connectivity index (χ1) is 6.54. The number of amides is 1. The molecule has 0 aromatic carbocycles. The van der Waals surface area contributed by atoms with Gasteiger partial charge >= 0.3 is 0 Å². The van der Waals surface area contributed by atoms with E-state index in [1.165, 1.54) is 6.42 Å². The van der Waals surface area contributed by atoms with Gasteiger partial charge in [-0.2, -0.15) is 0 Å². The highest BCUT2D eigenvalue weighted by molar-refractivity contribution is 5.75. The van der Waals surface area contributed by atoms with Crippen LogP contribution in [-0.2, 0) is 4.79 Å². The lowest BCUT2D eigenvalue weighted by atomic mass is 10.1. The smallest absolute Gasteiger partial charge is 0.222 e. The molecule has 0 rings (SSSR count). The highest BCUT2D eigenvalue weighted by Gasteiger charge is 2.02. The fraction of sp³-hybridized carbons (Fsp3) is 0.909. The second-order valence-electron chi connectivity index (χ2n) is 4.32. The summed E-state index contributed by atoms with van der Waals surface area (Å²) in [6.07, 6.45) is 2.80. The third-order valence-electron chi connectivity index (χ3n) is 2.14. The van der Waals surface area contributed by atoms with Gasteiger partial charge in [0, 0.05) is 20.5 Å². The van der Waals surface area contributed by atoms with Gasteiger partial charge < -0.3 is 10.2 Å². The van der Waals surface area contributed by atoms with E-state index in [9.17, 15) is 4.79 Å². The molecule has 14 heavy (non-hydrogen) atoms. The molecule has 84 valence electrons. The predicted octanol–water partition coefficient (Wildman–Crippen LogP) is 1.49. The normalized spacial score (nSPS) is 10.6. The van der Waals surface area contributed by atoms with Gasteiger partial charge in [-0.3, -0.25) is 4.79 Å². The van der Waals surface area contributed by atoms with E-state index < -0.39 is 0 Å². The van der Waals surface area contributed by atoms with Crippen molar-refractivity contribution in [1.29, 1.82) is 0 Å². The van der Waals surface area contributed by atoms with Crippen LogP contribution in [-0.4, -0.2) is 38.0 Å². The van der Waals surface area contributed by atoms with Crippen LogP contribution in [0.1, 0.15) is 33.1 Å². The summed E-state index contributed by atoms with van der Waals surface area (Å²) in [4.78, 5) is 12.8. The molecule has 1 N–H and O–H groups in total. The van der Waals surface area contributed by atoms with Gasteiger partial charge in [0.1, 0.15) is 0 Å². The molecule has 0 aliphatic carbocycles. The molecule has 3 nitrogen and oxygen atoms in total. The first-order valence-electron chi connectivity index (χ1n) is 5.45. The molecule has 0 unspecified atom stereocenters. The van der Waals surface area contributed by atoms with Crippen LogP contribution in [0.15, 0.2) is 0 Å². The summed E-state index contributed by atoms with van der Waals surface area (Å²) >= 11 is 0. The molecule has 0 heterocycles. The lowest BCUT2D eigenvalue weighted by molar-refractivity contribution is -0.128. The van der Waals surface area contributed by atoms with Gasteiger partial charge in [-0.1, -0.05) is 13.8 Å². The fourth-order valence-electron chi connectivity index (χ4n) is 1.10. The average Bonchev–Trinajstić information content (AvgIpc) is 2.09. The maximum Gasteiger partial charge on any atom is 0.222 e. The molecule has 0 saturated carbocycles. The molecule has 0 spiro atoms. The van der Waals surface area contributed by atoms with Crippen molar-refractivity contribution in [3.8, 4) is 0 Å². The molecular weight excluding hydrogens is 176 g/mol. The summed E-state index contributed by atoms with van der Waals surface area (Å²) in [7, 11) is 3.60. The zero-order valence-electron chi connectivity index (χ0n) is 9.97. The van der Waals surface area contributed by atoms with Crippen LogP contribution in [0.5, 0.6) is 0 Å². The van der Waals surface area contributed by atoms with Crippen molar-refractivity contribution in [2.45, 2.75) is 33.1 Å². The van der Waals surface area contributed by atoms with E-state index in [1.807, 2.05) is 0 Å². The Bertz CT molecular complexity index is 155. The molecule has 0 atom stereocenters. The molecule has 0 bridgehead atoms. The van der Waals surface area contributed by atoms with E-state index in [0.717, 1.165) is 25.4 Å². The first-order valence-corrected chi connectivity index (χ1v) is 5.45. The fourth-order valence-corrected chi connectivity index (χ4v) is 1.10. The van der Waals surface area contributed by atoms with Gasteiger partial charge in [-0.15, -0.1) is 0 Å². The molecule has 1 amide bonds. The second-order valence-corrected chi connectivity index (χ2v) is 4.32. The number of carbonyl (C=O) groups is 1. The van der Waals surface area contributed by atoms with Crippen LogP contribution in [0, 0.1) is 5.92 Å². The van der Waals surface area contributed by atoms with Crippen molar-refractivity contribution < 1.29 is 4.79 Å². The molecule has 0 saturated heterocycles. The Labute approximate surface area is 87.9 Å². The summed E-state index contributed by atoms with van der Waals surface area (Å²) in [5, 5.41) is 3.34. The Kier molecular flexibility index (Phi) is 7.48. The van der Waals surface area contributed by atoms with E-state index in [1.54, 1.807) is 19.0 Å². The number of carbonyl (C=O) groups excluding carboxylic acids is 1. The van der Waals surface area contributed by atoms with E-state index in [2.05, 4.69) is 19.2 Å². The molecule has 0 aliphatic rings. The van der Waals surface area contributed by atoms with E-state index >= 15 is 0 Å². The second kappa shape index (κ2) is 7.80. The lowest BCUT2D eigenvalue weighted by Crippen LogP contribution is -2.24. The number of nitrogens with zero attached hydrogens (tertiary/aromatic N) is 1. The monoisotopic (exact) mass is 200 g/mol. The molecule has 0 aromatic heterocycles. The van der Waals surface area contributed by atoms with Gasteiger partial charge in [-0.25, -0.2) is 0 Å². The van der Waals surface area contributed by atoms with Crippen molar-refractivity contribution in [2.75, 3.05) is 27.2 Å². The van der Waals surface area contributed by atoms with Crippen LogP contribution in [0.25, 0.3) is 0 Å². The third kappa shape index (κ3) is 8.05. The van der Waals surface area contributed by atoms with Crippen molar-refractivity contribution in [3.05, 3.63) is 0 Å². The number of hydrogen-bond donors (Lipinski definition) is 1. The topological polar surface area (TPSA) is 32.3 Å². The minimum atomic E-state index is 0.218. The standard InChI is InChI=1S/C11H24N2O/c1-10(2)7-9-12-8-5-6-11(14)13(3)4/h10,12H,5-9H2,1-4H3. The van der Waals surface area contributed by atoms with Crippen molar-refractivity contribution >= 4 is 5.91 Å². The summed E-state index contributed by atoms with van der Waals surface area (Å²) < 4.78 is 0. The van der Waals surface area contributed by atoms with E-state index in [-0.39, 0.29) is 5.91 Å². The maximum absolute atomic E-state index is 11.2. The SMILES string of the molecule is CC(C)CCNCCCC(=O)N(C)C. The van der Waals surface area contributed by atoms with Crippen molar-refractivity contribution in [1.82, 2.24) is 10.2 Å². The Morgan fingerprint density at radius 1 is 1.29 bits per heavy atom. The van der Waals surface area contributed by atoms with Crippen LogP contribution < -0.4 is 5.32 Å². The van der Waals surface area contributed by atoms with Crippen LogP contribution in [0.4, 0.5) is 0 Å². The zero-order valence-corrected chi connectivity index (χ0v) is 9.97. The lowest BCUT2D eigenvalue weighted by Gasteiger charge is -2.10. The molecule has 0 aromatic rings. The van der Waals surface area contributed by atoms with Gasteiger partial charge in [0.05, 0.1) is 0 Å². The van der Waals surface area contributed by atoms with Crippen LogP contribution in [0.2, 0.25) is 0 Å². The number of hydrogen-bond acceptors (Lipinski definition) is 2. The maximum atomic E-state index is 11.2. The van der Waals surface area contributed by atoms with Gasteiger partial charge in [-0.05, 0) is 31.8 Å². The van der Waals surface area contributed by atoms with Gasteiger partial charge in [0.2, 0.25) is 5.91 Å². The minimum absolute atomic E-state index is 0.218. The van der Waals surface area contributed by atoms with E-state index in [4.69, 9.17) is 0 Å². The molecule has 0 fully saturated rings. The Morgan fingerprint density at radius 3 is 2.43 bits per heavy atom. The van der Waals surface area contributed by atoms with Gasteiger partial charge in [0.25, 0.3) is 0 Å². The Hall–Kier alpha value is -0.570. The van der Waals surface area contributed by atoms with Crippen molar-refractivity contribution in [2.24, 2.45) is 5.92 Å². The first kappa shape index (κ1) is 13.4. The number of nitrogens with one attached hydrogen (secondary N) is 1. The van der Waals surface area contributed by atoms with Crippen LogP contribution >= 0.6 is 0 Å². The highest BCUT2D eigenvalue weighted by atomic mass is 16.2. The molecule has 3 heteroatoms. The third-order valence-corrected chi connectivity index (χ3v) is 2.14. The largest absolute Gasteiger partial charge is 0.349 e. The summed E-state index contributed by atoms with van der Waals surface area (Å²) in [5.74, 6) is 0.974. The molecule has 0 radical (unpaired) electrons. The van der Waals surface area contributed by atoms with E-state index in [0.29, 0.717) is 6.42 Å². The molecule has 0 aliphatic heterocycles. The molecular formula is C11H24N2O. The Balaban J connectivity index is 3.18. The van der Waals surface area contributed by atoms with Gasteiger partial charge in [0.15, 0.2) is 0 Å². The number of rotatable bonds is 7. The summed E-state index contributed by atoms with van der Waals surface area (Å²) in [6, 6.07) is 0. The quantitative estimate of drug-likeness (QED) is 0.632. The highest BCUT2D eigenvalue weighted by Crippen LogP contribution is 1.97. The summed E-state index contributed by atoms with van der Waals surface area (Å²) in [5.41, 5.74) is 0. The zero-order chi connectivity index (χ0) is 11.0. The van der Waals surface area contributed by atoms with Crippen molar-refractivity contribution in [3.63, 3.8) is 0 Å². The Morgan fingerprint density at radius 2 is 1.93 bits per heavy atom. The summed E-state index contributed by atoms with van der Waals surface area (Å²) in [6.45, 7) is 6.45. The minimum Gasteiger partial charge on any atom is -0.349 e.